The Balaban J connectivity index is 2.44. The molecule has 1 aliphatic rings. The van der Waals surface area contributed by atoms with Crippen molar-refractivity contribution >= 4 is 0 Å². The van der Waals surface area contributed by atoms with Crippen LogP contribution >= 0.6 is 0 Å². The molecule has 1 aromatic carbocycles. The van der Waals surface area contributed by atoms with Crippen molar-refractivity contribution in [3.05, 3.63) is 35.4 Å². The molecule has 1 aliphatic carbocycles. The molecule has 15 heavy (non-hydrogen) atoms. The molecule has 1 fully saturated rings. The van der Waals surface area contributed by atoms with Gasteiger partial charge in [0.15, 0.2) is 0 Å². The first-order chi connectivity index (χ1) is 7.08. The van der Waals surface area contributed by atoms with Gasteiger partial charge in [-0.1, -0.05) is 24.3 Å². The van der Waals surface area contributed by atoms with Crippen LogP contribution in [0.1, 0.15) is 37.3 Å². The van der Waals surface area contributed by atoms with Crippen molar-refractivity contribution in [3.63, 3.8) is 0 Å². The zero-order valence-corrected chi connectivity index (χ0v) is 8.71. The summed E-state index contributed by atoms with van der Waals surface area (Å²) in [5.41, 5.74) is 6.59. The van der Waals surface area contributed by atoms with Crippen molar-refractivity contribution in [1.29, 1.82) is 0 Å². The minimum Gasteiger partial charge on any atom is -0.327 e. The maximum atomic E-state index is 12.8. The van der Waals surface area contributed by atoms with Gasteiger partial charge >= 0.3 is 0 Å². The molecule has 2 rings (SSSR count). The molecule has 0 amide bonds. The van der Waals surface area contributed by atoms with E-state index in [1.165, 1.54) is 6.07 Å². The number of benzene rings is 1. The third-order valence-electron chi connectivity index (χ3n) is 3.39. The lowest BCUT2D eigenvalue weighted by Gasteiger charge is -2.22. The number of alkyl halides is 2. The van der Waals surface area contributed by atoms with Crippen molar-refractivity contribution in [2.24, 2.45) is 5.73 Å². The molecule has 1 nitrogen and oxygen atoms in total. The predicted molar refractivity (Wildman–Crippen MR) is 56.0 cm³/mol. The van der Waals surface area contributed by atoms with E-state index in [0.29, 0.717) is 0 Å². The lowest BCUT2D eigenvalue weighted by atomic mass is 9.86. The fourth-order valence-electron chi connectivity index (χ4n) is 2.25. The molecule has 0 spiro atoms. The van der Waals surface area contributed by atoms with Crippen molar-refractivity contribution in [2.75, 3.05) is 0 Å². The summed E-state index contributed by atoms with van der Waals surface area (Å²) in [5, 5.41) is 0. The van der Waals surface area contributed by atoms with E-state index in [1.807, 2.05) is 13.0 Å². The summed E-state index contributed by atoms with van der Waals surface area (Å²) in [6, 6.07) is 6.70. The first-order valence-corrected chi connectivity index (χ1v) is 5.21. The lowest BCUT2D eigenvalue weighted by molar-refractivity contribution is 0.149. The Morgan fingerprint density at radius 3 is 2.33 bits per heavy atom. The summed E-state index contributed by atoms with van der Waals surface area (Å²) >= 11 is 0. The predicted octanol–water partition coefficient (Wildman–Crippen LogP) is 3.00. The van der Waals surface area contributed by atoms with E-state index in [9.17, 15) is 8.78 Å². The van der Waals surface area contributed by atoms with Gasteiger partial charge in [0.2, 0.25) is 0 Å². The average molecular weight is 211 g/mol. The maximum Gasteiger partial charge on any atom is 0.264 e. The van der Waals surface area contributed by atoms with Crippen LogP contribution in [0, 0.1) is 0 Å². The average Bonchev–Trinajstić information content (AvgIpc) is 2.98. The van der Waals surface area contributed by atoms with Crippen LogP contribution in [0.5, 0.6) is 0 Å². The number of nitrogens with two attached hydrogens (primary N) is 1. The van der Waals surface area contributed by atoms with E-state index < -0.39 is 6.43 Å². The molecular formula is C12H15F2N. The highest BCUT2D eigenvalue weighted by Gasteiger charge is 2.49. The zero-order valence-electron chi connectivity index (χ0n) is 8.71. The second-order valence-electron chi connectivity index (χ2n) is 4.33. The van der Waals surface area contributed by atoms with E-state index >= 15 is 0 Å². The van der Waals surface area contributed by atoms with Crippen LogP contribution in [0.4, 0.5) is 8.78 Å². The van der Waals surface area contributed by atoms with Gasteiger partial charge < -0.3 is 5.73 Å². The van der Waals surface area contributed by atoms with Gasteiger partial charge in [-0.3, -0.25) is 0 Å². The monoisotopic (exact) mass is 211 g/mol. The molecule has 0 radical (unpaired) electrons. The van der Waals surface area contributed by atoms with E-state index in [0.717, 1.165) is 18.4 Å². The molecular weight excluding hydrogens is 196 g/mol. The normalized spacial score (nSPS) is 20.3. The van der Waals surface area contributed by atoms with Crippen molar-refractivity contribution in [1.82, 2.24) is 0 Å². The third kappa shape index (κ3) is 1.65. The second kappa shape index (κ2) is 3.56. The highest BCUT2D eigenvalue weighted by atomic mass is 19.3. The van der Waals surface area contributed by atoms with Crippen LogP contribution in [0.15, 0.2) is 24.3 Å². The molecule has 3 heteroatoms. The van der Waals surface area contributed by atoms with Gasteiger partial charge in [-0.15, -0.1) is 0 Å². The van der Waals surface area contributed by atoms with Gasteiger partial charge in [-0.2, -0.15) is 0 Å². The Hall–Kier alpha value is -0.960. The van der Waals surface area contributed by atoms with E-state index in [1.54, 1.807) is 12.1 Å². The Kier molecular flexibility index (Phi) is 2.51. The number of hydrogen-bond donors (Lipinski definition) is 1. The van der Waals surface area contributed by atoms with Crippen molar-refractivity contribution in [3.8, 4) is 0 Å². The molecule has 1 unspecified atom stereocenters. The summed E-state index contributed by atoms with van der Waals surface area (Å²) in [6.07, 6.45) is -0.555. The second-order valence-corrected chi connectivity index (χ2v) is 4.33. The molecule has 0 saturated heterocycles. The quantitative estimate of drug-likeness (QED) is 0.817. The van der Waals surface area contributed by atoms with Crippen LogP contribution in [-0.2, 0) is 5.41 Å². The smallest absolute Gasteiger partial charge is 0.264 e. The van der Waals surface area contributed by atoms with Gasteiger partial charge in [-0.05, 0) is 25.3 Å². The Bertz CT molecular complexity index is 356. The largest absolute Gasteiger partial charge is 0.327 e. The summed E-state index contributed by atoms with van der Waals surface area (Å²) in [6.45, 7) is 1.90. The van der Waals surface area contributed by atoms with E-state index in [4.69, 9.17) is 5.73 Å². The van der Waals surface area contributed by atoms with Gasteiger partial charge in [0.25, 0.3) is 6.43 Å². The summed E-state index contributed by atoms with van der Waals surface area (Å²) in [5.74, 6) is 0. The first kappa shape index (κ1) is 10.6. The summed E-state index contributed by atoms with van der Waals surface area (Å²) in [4.78, 5) is 0. The van der Waals surface area contributed by atoms with Crippen LogP contribution in [-0.4, -0.2) is 6.04 Å². The highest BCUT2D eigenvalue weighted by molar-refractivity contribution is 5.40. The Morgan fingerprint density at radius 1 is 1.27 bits per heavy atom. The molecule has 82 valence electrons. The fraction of sp³-hybridized carbons (Fsp3) is 0.500. The molecule has 1 aromatic rings. The summed E-state index contributed by atoms with van der Waals surface area (Å²) < 4.78 is 25.6. The van der Waals surface area contributed by atoms with E-state index in [-0.39, 0.29) is 17.0 Å². The molecule has 2 N–H and O–H groups in total. The van der Waals surface area contributed by atoms with E-state index in [2.05, 4.69) is 0 Å². The minimum atomic E-state index is -2.41. The Morgan fingerprint density at radius 2 is 1.87 bits per heavy atom. The molecule has 0 aromatic heterocycles. The lowest BCUT2D eigenvalue weighted by Crippen LogP contribution is -2.32. The number of halogens is 2. The first-order valence-electron chi connectivity index (χ1n) is 5.21. The number of hydrogen-bond acceptors (Lipinski definition) is 1. The standard InChI is InChI=1S/C12H15F2N/c1-8(15)12(6-7-12)10-5-3-2-4-9(10)11(13)14/h2-5,8,11H,6-7,15H2,1H3. The van der Waals surface area contributed by atoms with Crippen LogP contribution in [0.3, 0.4) is 0 Å². The highest BCUT2D eigenvalue weighted by Crippen LogP contribution is 2.52. The molecule has 0 bridgehead atoms. The van der Waals surface area contributed by atoms with Gasteiger partial charge in [0, 0.05) is 17.0 Å². The van der Waals surface area contributed by atoms with Crippen molar-refractivity contribution in [2.45, 2.75) is 37.6 Å². The Labute approximate surface area is 88.3 Å². The van der Waals surface area contributed by atoms with Gasteiger partial charge in [0.1, 0.15) is 0 Å². The van der Waals surface area contributed by atoms with Crippen LogP contribution in [0.2, 0.25) is 0 Å². The van der Waals surface area contributed by atoms with Crippen molar-refractivity contribution < 1.29 is 8.78 Å². The molecule has 1 atom stereocenters. The SMILES string of the molecule is CC(N)C1(c2ccccc2C(F)F)CC1. The number of rotatable bonds is 3. The van der Waals surface area contributed by atoms with Crippen LogP contribution < -0.4 is 5.73 Å². The molecule has 1 saturated carbocycles. The van der Waals surface area contributed by atoms with Gasteiger partial charge in [-0.25, -0.2) is 8.78 Å². The molecule has 0 heterocycles. The fourth-order valence-corrected chi connectivity index (χ4v) is 2.25. The maximum absolute atomic E-state index is 12.8. The van der Waals surface area contributed by atoms with Gasteiger partial charge in [0.05, 0.1) is 0 Å². The third-order valence-corrected chi connectivity index (χ3v) is 3.39. The topological polar surface area (TPSA) is 26.0 Å². The summed E-state index contributed by atoms with van der Waals surface area (Å²) in [7, 11) is 0. The molecule has 0 aliphatic heterocycles. The zero-order chi connectivity index (χ0) is 11.1. The van der Waals surface area contributed by atoms with Crippen LogP contribution in [0.25, 0.3) is 0 Å². The minimum absolute atomic E-state index is 0.0580.